The number of hydrogen-bond acceptors (Lipinski definition) is 5. The summed E-state index contributed by atoms with van der Waals surface area (Å²) in [4.78, 5) is 5.01. The Balaban J connectivity index is 2.18. The van der Waals surface area contributed by atoms with E-state index in [1.165, 1.54) is 6.07 Å². The van der Waals surface area contributed by atoms with E-state index < -0.39 is 10.0 Å². The molecule has 3 N–H and O–H groups in total. The third-order valence-electron chi connectivity index (χ3n) is 3.74. The second kappa shape index (κ2) is 5.69. The van der Waals surface area contributed by atoms with E-state index in [0.717, 1.165) is 24.2 Å². The lowest BCUT2D eigenvalue weighted by molar-refractivity contribution is 0.135. The van der Waals surface area contributed by atoms with Crippen LogP contribution in [-0.4, -0.2) is 51.6 Å². The van der Waals surface area contributed by atoms with Gasteiger partial charge in [0.25, 0.3) is 10.0 Å². The SMILES string of the molecule is Cc1cc(S(=O)(=O)NN2CCN(C)CC2)cc(N)c1C. The summed E-state index contributed by atoms with van der Waals surface area (Å²) in [5.74, 6) is 0. The maximum atomic E-state index is 12.4. The zero-order valence-electron chi connectivity index (χ0n) is 12.2. The molecule has 1 aliphatic rings. The van der Waals surface area contributed by atoms with Crippen molar-refractivity contribution in [2.75, 3.05) is 39.0 Å². The van der Waals surface area contributed by atoms with E-state index in [0.29, 0.717) is 18.8 Å². The average molecular weight is 298 g/mol. The van der Waals surface area contributed by atoms with Crippen LogP contribution < -0.4 is 10.6 Å². The van der Waals surface area contributed by atoms with Crippen molar-refractivity contribution in [2.45, 2.75) is 18.7 Å². The van der Waals surface area contributed by atoms with Crippen molar-refractivity contribution in [1.82, 2.24) is 14.7 Å². The number of piperazine rings is 1. The lowest BCUT2D eigenvalue weighted by Gasteiger charge is -2.32. The Bertz CT molecular complexity index is 569. The smallest absolute Gasteiger partial charge is 0.253 e. The van der Waals surface area contributed by atoms with E-state index in [2.05, 4.69) is 9.73 Å². The molecule has 1 aromatic carbocycles. The van der Waals surface area contributed by atoms with Crippen LogP contribution in [0.1, 0.15) is 11.1 Å². The van der Waals surface area contributed by atoms with E-state index in [1.807, 2.05) is 20.9 Å². The Kier molecular flexibility index (Phi) is 4.33. The number of anilines is 1. The summed E-state index contributed by atoms with van der Waals surface area (Å²) in [7, 11) is -1.54. The van der Waals surface area contributed by atoms with Gasteiger partial charge in [-0.15, -0.1) is 4.83 Å². The third kappa shape index (κ3) is 3.29. The highest BCUT2D eigenvalue weighted by molar-refractivity contribution is 7.89. The number of nitrogen functional groups attached to an aromatic ring is 1. The first-order valence-corrected chi connectivity index (χ1v) is 8.10. The molecule has 20 heavy (non-hydrogen) atoms. The molecule has 0 atom stereocenters. The fourth-order valence-electron chi connectivity index (χ4n) is 2.13. The molecule has 6 nitrogen and oxygen atoms in total. The minimum absolute atomic E-state index is 0.219. The summed E-state index contributed by atoms with van der Waals surface area (Å²) in [6.45, 7) is 6.79. The van der Waals surface area contributed by atoms with Gasteiger partial charge in [0.05, 0.1) is 4.90 Å². The normalized spacial score (nSPS) is 18.4. The van der Waals surface area contributed by atoms with Crippen LogP contribution in [0.25, 0.3) is 0 Å². The van der Waals surface area contributed by atoms with Gasteiger partial charge in [-0.3, -0.25) is 0 Å². The zero-order chi connectivity index (χ0) is 14.9. The van der Waals surface area contributed by atoms with E-state index in [1.54, 1.807) is 11.1 Å². The summed E-state index contributed by atoms with van der Waals surface area (Å²) in [6.07, 6.45) is 0. The first-order valence-electron chi connectivity index (χ1n) is 6.62. The Hall–Kier alpha value is -1.15. The lowest BCUT2D eigenvalue weighted by Crippen LogP contribution is -2.52. The number of aryl methyl sites for hydroxylation is 1. The third-order valence-corrected chi connectivity index (χ3v) is 5.10. The zero-order valence-corrected chi connectivity index (χ0v) is 13.0. The van der Waals surface area contributed by atoms with Crippen LogP contribution in [0.15, 0.2) is 17.0 Å². The molecule has 1 saturated heterocycles. The fraction of sp³-hybridized carbons (Fsp3) is 0.538. The first-order chi connectivity index (χ1) is 9.29. The summed E-state index contributed by atoms with van der Waals surface area (Å²) in [6, 6.07) is 3.17. The standard InChI is InChI=1S/C13H22N4O2S/c1-10-8-12(9-13(14)11(10)2)20(18,19)15-17-6-4-16(3)5-7-17/h8-9,15H,4-7,14H2,1-3H3. The van der Waals surface area contributed by atoms with Crippen LogP contribution in [0, 0.1) is 13.8 Å². The molecule has 0 bridgehead atoms. The lowest BCUT2D eigenvalue weighted by atomic mass is 10.1. The minimum atomic E-state index is -3.56. The highest BCUT2D eigenvalue weighted by Crippen LogP contribution is 2.21. The van der Waals surface area contributed by atoms with Crippen LogP contribution in [0.5, 0.6) is 0 Å². The molecule has 1 aromatic rings. The monoisotopic (exact) mass is 298 g/mol. The molecule has 2 rings (SSSR count). The molecule has 0 spiro atoms. The second-order valence-corrected chi connectivity index (χ2v) is 7.00. The van der Waals surface area contributed by atoms with Gasteiger partial charge in [-0.2, -0.15) is 0 Å². The number of likely N-dealkylation sites (N-methyl/N-ethyl adjacent to an activating group) is 1. The number of nitrogens with one attached hydrogen (secondary N) is 1. The predicted octanol–water partition coefficient (Wildman–Crippen LogP) is 0.326. The number of nitrogens with two attached hydrogens (primary N) is 1. The summed E-state index contributed by atoms with van der Waals surface area (Å²) < 4.78 is 24.8. The largest absolute Gasteiger partial charge is 0.398 e. The molecule has 1 heterocycles. The number of rotatable bonds is 3. The molecule has 0 saturated carbocycles. The van der Waals surface area contributed by atoms with Crippen LogP contribution >= 0.6 is 0 Å². The summed E-state index contributed by atoms with van der Waals surface area (Å²) in [5, 5.41) is 1.74. The molecule has 0 radical (unpaired) electrons. The van der Waals surface area contributed by atoms with E-state index >= 15 is 0 Å². The first kappa shape index (κ1) is 15.2. The molecule has 112 valence electrons. The van der Waals surface area contributed by atoms with Gasteiger partial charge in [0.15, 0.2) is 0 Å². The highest BCUT2D eigenvalue weighted by Gasteiger charge is 2.22. The summed E-state index contributed by atoms with van der Waals surface area (Å²) >= 11 is 0. The minimum Gasteiger partial charge on any atom is -0.398 e. The van der Waals surface area contributed by atoms with Crippen molar-refractivity contribution in [3.8, 4) is 0 Å². The molecule has 1 aliphatic heterocycles. The van der Waals surface area contributed by atoms with Gasteiger partial charge in [0.1, 0.15) is 0 Å². The van der Waals surface area contributed by atoms with Gasteiger partial charge in [0.2, 0.25) is 0 Å². The van der Waals surface area contributed by atoms with Crippen molar-refractivity contribution in [3.63, 3.8) is 0 Å². The van der Waals surface area contributed by atoms with Crippen molar-refractivity contribution >= 4 is 15.7 Å². The second-order valence-electron chi connectivity index (χ2n) is 5.34. The predicted molar refractivity (Wildman–Crippen MR) is 79.7 cm³/mol. The molecular formula is C13H22N4O2S. The van der Waals surface area contributed by atoms with Crippen molar-refractivity contribution < 1.29 is 8.42 Å². The topological polar surface area (TPSA) is 78.7 Å². The molecule has 0 unspecified atom stereocenters. The van der Waals surface area contributed by atoms with E-state index in [4.69, 9.17) is 5.73 Å². The van der Waals surface area contributed by atoms with Crippen molar-refractivity contribution in [2.24, 2.45) is 0 Å². The maximum absolute atomic E-state index is 12.4. The summed E-state index contributed by atoms with van der Waals surface area (Å²) in [5.41, 5.74) is 8.16. The molecule has 1 fully saturated rings. The average Bonchev–Trinajstić information content (AvgIpc) is 2.38. The van der Waals surface area contributed by atoms with Crippen molar-refractivity contribution in [1.29, 1.82) is 0 Å². The number of sulfonamides is 1. The number of benzene rings is 1. The highest BCUT2D eigenvalue weighted by atomic mass is 32.2. The van der Waals surface area contributed by atoms with Crippen molar-refractivity contribution in [3.05, 3.63) is 23.3 Å². The Morgan fingerprint density at radius 3 is 2.30 bits per heavy atom. The molecule has 0 aliphatic carbocycles. The Labute approximate surface area is 120 Å². The Morgan fingerprint density at radius 1 is 1.15 bits per heavy atom. The molecule has 0 amide bonds. The number of hydrazine groups is 1. The van der Waals surface area contributed by atoms with Crippen LogP contribution in [0.4, 0.5) is 5.69 Å². The van der Waals surface area contributed by atoms with Gasteiger partial charge in [-0.05, 0) is 44.2 Å². The van der Waals surface area contributed by atoms with Gasteiger partial charge in [-0.25, -0.2) is 13.4 Å². The van der Waals surface area contributed by atoms with Gasteiger partial charge in [0, 0.05) is 31.9 Å². The quantitative estimate of drug-likeness (QED) is 0.786. The van der Waals surface area contributed by atoms with Crippen LogP contribution in [-0.2, 0) is 10.0 Å². The van der Waals surface area contributed by atoms with Gasteiger partial charge < -0.3 is 10.6 Å². The van der Waals surface area contributed by atoms with Gasteiger partial charge in [-0.1, -0.05) is 0 Å². The molecular weight excluding hydrogens is 276 g/mol. The van der Waals surface area contributed by atoms with Gasteiger partial charge >= 0.3 is 0 Å². The molecule has 7 heteroatoms. The maximum Gasteiger partial charge on any atom is 0.253 e. The van der Waals surface area contributed by atoms with E-state index in [-0.39, 0.29) is 4.90 Å². The Morgan fingerprint density at radius 2 is 1.75 bits per heavy atom. The van der Waals surface area contributed by atoms with Crippen LogP contribution in [0.2, 0.25) is 0 Å². The number of hydrogen-bond donors (Lipinski definition) is 2. The fourth-order valence-corrected chi connectivity index (χ4v) is 3.37. The number of nitrogens with zero attached hydrogens (tertiary/aromatic N) is 2. The van der Waals surface area contributed by atoms with Crippen LogP contribution in [0.3, 0.4) is 0 Å². The molecule has 0 aromatic heterocycles. The van der Waals surface area contributed by atoms with E-state index in [9.17, 15) is 8.42 Å².